The van der Waals surface area contributed by atoms with Crippen LogP contribution in [-0.2, 0) is 0 Å². The van der Waals surface area contributed by atoms with E-state index in [2.05, 4.69) is 19.9 Å². The molecule has 7 heteroatoms. The summed E-state index contributed by atoms with van der Waals surface area (Å²) in [5.41, 5.74) is 5.16. The maximum Gasteiger partial charge on any atom is 0.280 e. The molecule has 64 valence electrons. The molecule has 0 bridgehead atoms. The Morgan fingerprint density at radius 3 is 3.17 bits per heavy atom. The molecule has 0 saturated heterocycles. The summed E-state index contributed by atoms with van der Waals surface area (Å²) in [7, 11) is 0. The minimum absolute atomic E-state index is 0. The topological polar surface area (TPSA) is 100 Å². The summed E-state index contributed by atoms with van der Waals surface area (Å²) in [6.07, 6.45) is -0.103. The lowest BCUT2D eigenvalue weighted by Crippen LogP contribution is -2.10. The van der Waals surface area contributed by atoms with Crippen molar-refractivity contribution >= 4 is 29.5 Å². The first-order chi connectivity index (χ1) is 5.66. The predicted octanol–water partition coefficient (Wildman–Crippen LogP) is -0.350. The number of hydrogen-bond donors (Lipinski definition) is 3. The fourth-order valence-corrected chi connectivity index (χ4v) is 0.812. The molecule has 0 unspecified atom stereocenters. The van der Waals surface area contributed by atoms with Crippen LogP contribution in [0.25, 0.3) is 11.2 Å². The number of nitrogens with zero attached hydrogens (tertiary/aromatic N) is 2. The molecule has 2 rings (SSSR count). The number of nitrogens with one attached hydrogen (secondary N) is 2. The van der Waals surface area contributed by atoms with Gasteiger partial charge in [0.1, 0.15) is 1.37 Å². The van der Waals surface area contributed by atoms with Crippen molar-refractivity contribution in [3.63, 3.8) is 0 Å². The molecule has 0 aliphatic carbocycles. The first-order valence-electron chi connectivity index (χ1n) is 3.39. The van der Waals surface area contributed by atoms with Crippen molar-refractivity contribution < 1.29 is 1.37 Å². The molecule has 4 N–H and O–H groups in total. The number of nitrogen functional groups attached to an aromatic ring is 1. The lowest BCUT2D eigenvalue weighted by atomic mass is 10.5. The monoisotopic (exact) mass is 189 g/mol. The van der Waals surface area contributed by atoms with Crippen LogP contribution in [0.4, 0.5) is 5.95 Å². The summed E-state index contributed by atoms with van der Waals surface area (Å²) in [5, 5.41) is 0. The maximum absolute atomic E-state index is 11.1. The molecule has 0 radical (unpaired) electrons. The summed E-state index contributed by atoms with van der Waals surface area (Å²) < 4.78 is 7.09. The summed E-state index contributed by atoms with van der Waals surface area (Å²) in [6.45, 7) is 0. The minimum Gasteiger partial charge on any atom is -0.369 e. The molecule has 12 heavy (non-hydrogen) atoms. The van der Waals surface area contributed by atoms with Gasteiger partial charge in [0.05, 0.1) is 6.30 Å². The predicted molar refractivity (Wildman–Crippen MR) is 46.2 cm³/mol. The Balaban J connectivity index is 0.000000845. The van der Waals surface area contributed by atoms with Crippen LogP contribution in [0.2, 0.25) is 0 Å². The van der Waals surface area contributed by atoms with Gasteiger partial charge in [-0.05, 0) is 0 Å². The molecule has 0 saturated carbocycles. The highest BCUT2D eigenvalue weighted by Gasteiger charge is 2.01. The highest BCUT2D eigenvalue weighted by molar-refractivity contribution is 5.85. The lowest BCUT2D eigenvalue weighted by Gasteiger charge is -1.89. The number of imidazole rings is 1. The summed E-state index contributed by atoms with van der Waals surface area (Å²) in [6, 6.07) is 0. The van der Waals surface area contributed by atoms with Gasteiger partial charge in [0.2, 0.25) is 5.95 Å². The van der Waals surface area contributed by atoms with Gasteiger partial charge in [-0.15, -0.1) is 12.4 Å². The second-order valence-corrected chi connectivity index (χ2v) is 2.00. The highest BCUT2D eigenvalue weighted by Crippen LogP contribution is 1.98. The standard InChI is InChI=1S/C5H5N5O.ClH/c6-5-9-3-2(4(11)10-5)7-1-8-3;/h1H,(H4,6,7,8,9,10,11);1H/i1T;. The average Bonchev–Trinajstić information content (AvgIpc) is 2.29. The first-order valence-corrected chi connectivity index (χ1v) is 2.89. The van der Waals surface area contributed by atoms with Crippen LogP contribution in [0.5, 0.6) is 0 Å². The van der Waals surface area contributed by atoms with Gasteiger partial charge in [0, 0.05) is 0 Å². The number of fused-ring (bicyclic) bond motifs is 1. The van der Waals surface area contributed by atoms with E-state index in [1.807, 2.05) is 0 Å². The molecular weight excluding hydrogens is 182 g/mol. The number of nitrogens with two attached hydrogens (primary N) is 1. The minimum atomic E-state index is -0.438. The third kappa shape index (κ3) is 1.12. The fraction of sp³-hybridized carbons (Fsp3) is 0. The Hall–Kier alpha value is -1.56. The zero-order chi connectivity index (χ0) is 8.72. The quantitative estimate of drug-likeness (QED) is 0.527. The smallest absolute Gasteiger partial charge is 0.280 e. The van der Waals surface area contributed by atoms with E-state index in [0.29, 0.717) is 0 Å². The lowest BCUT2D eigenvalue weighted by molar-refractivity contribution is 1.17. The van der Waals surface area contributed by atoms with Crippen LogP contribution < -0.4 is 11.3 Å². The van der Waals surface area contributed by atoms with Gasteiger partial charge >= 0.3 is 0 Å². The van der Waals surface area contributed by atoms with Crippen molar-refractivity contribution in [3.8, 4) is 0 Å². The van der Waals surface area contributed by atoms with Crippen LogP contribution >= 0.6 is 12.4 Å². The van der Waals surface area contributed by atoms with Gasteiger partial charge in [-0.1, -0.05) is 0 Å². The van der Waals surface area contributed by atoms with E-state index >= 15 is 0 Å². The van der Waals surface area contributed by atoms with E-state index < -0.39 is 5.56 Å². The number of H-pyrrole nitrogens is 2. The first kappa shape index (κ1) is 7.11. The molecule has 2 aromatic heterocycles. The number of rotatable bonds is 0. The molecule has 2 heterocycles. The molecule has 0 atom stereocenters. The van der Waals surface area contributed by atoms with Crippen LogP contribution in [0.1, 0.15) is 1.37 Å². The number of hydrogen-bond acceptors (Lipinski definition) is 4. The highest BCUT2D eigenvalue weighted by atomic mass is 35.5. The van der Waals surface area contributed by atoms with Gasteiger partial charge < -0.3 is 10.7 Å². The zero-order valence-electron chi connectivity index (χ0n) is 6.79. The largest absolute Gasteiger partial charge is 0.369 e. The molecule has 0 amide bonds. The Bertz CT molecular complexity index is 491. The Morgan fingerprint density at radius 1 is 1.67 bits per heavy atom. The summed E-state index contributed by atoms with van der Waals surface area (Å²) in [5.74, 6) is 0.0103. The Morgan fingerprint density at radius 2 is 2.42 bits per heavy atom. The summed E-state index contributed by atoms with van der Waals surface area (Å²) in [4.78, 5) is 23.2. The number of aromatic nitrogens is 4. The zero-order valence-corrected chi connectivity index (χ0v) is 6.60. The molecule has 0 aromatic carbocycles. The van der Waals surface area contributed by atoms with Crippen molar-refractivity contribution in [2.45, 2.75) is 0 Å². The van der Waals surface area contributed by atoms with Crippen molar-refractivity contribution in [3.05, 3.63) is 16.7 Å². The van der Waals surface area contributed by atoms with Crippen LogP contribution in [0.15, 0.2) is 11.1 Å². The van der Waals surface area contributed by atoms with Crippen LogP contribution in [-0.4, -0.2) is 19.9 Å². The average molecular weight is 190 g/mol. The molecule has 6 nitrogen and oxygen atoms in total. The van der Waals surface area contributed by atoms with Gasteiger partial charge in [0.15, 0.2) is 11.2 Å². The number of halogens is 1. The Kier molecular flexibility index (Phi) is 1.67. The molecular formula is C5H6ClN5O. The van der Waals surface area contributed by atoms with E-state index in [4.69, 9.17) is 7.10 Å². The van der Waals surface area contributed by atoms with Crippen molar-refractivity contribution in [2.75, 3.05) is 5.73 Å². The molecule has 2 aromatic rings. The third-order valence-electron chi connectivity index (χ3n) is 1.26. The second-order valence-electron chi connectivity index (χ2n) is 2.00. The van der Waals surface area contributed by atoms with E-state index in [-0.39, 0.29) is 35.8 Å². The second kappa shape index (κ2) is 2.82. The van der Waals surface area contributed by atoms with Crippen molar-refractivity contribution in [2.24, 2.45) is 0 Å². The van der Waals surface area contributed by atoms with Gasteiger partial charge in [-0.3, -0.25) is 9.78 Å². The molecule has 0 spiro atoms. The van der Waals surface area contributed by atoms with E-state index in [1.165, 1.54) is 0 Å². The molecule has 0 aliphatic rings. The van der Waals surface area contributed by atoms with Gasteiger partial charge in [-0.2, -0.15) is 4.98 Å². The van der Waals surface area contributed by atoms with E-state index in [1.54, 1.807) is 0 Å². The SMILES string of the molecule is Cl.[3H]c1nc2c(=O)[nH]c(N)nc2[nH]1. The van der Waals surface area contributed by atoms with Gasteiger partial charge in [0.25, 0.3) is 5.56 Å². The van der Waals surface area contributed by atoms with Crippen LogP contribution in [0, 0.1) is 0 Å². The van der Waals surface area contributed by atoms with Crippen LogP contribution in [0.3, 0.4) is 0 Å². The number of aromatic amines is 2. The van der Waals surface area contributed by atoms with E-state index in [9.17, 15) is 4.79 Å². The molecule has 0 fully saturated rings. The Labute approximate surface area is 74.0 Å². The fourth-order valence-electron chi connectivity index (χ4n) is 0.812. The molecule has 0 aliphatic heterocycles. The van der Waals surface area contributed by atoms with Crippen molar-refractivity contribution in [1.82, 2.24) is 19.9 Å². The maximum atomic E-state index is 11.1. The number of anilines is 1. The van der Waals surface area contributed by atoms with Gasteiger partial charge in [-0.25, -0.2) is 4.98 Å². The normalized spacial score (nSPS) is 10.8. The van der Waals surface area contributed by atoms with Crippen molar-refractivity contribution in [1.29, 1.82) is 0 Å². The summed E-state index contributed by atoms with van der Waals surface area (Å²) >= 11 is 0. The third-order valence-corrected chi connectivity index (χ3v) is 1.26. The van der Waals surface area contributed by atoms with E-state index in [0.717, 1.165) is 0 Å².